The molecule has 1 aromatic heterocycles. The van der Waals surface area contributed by atoms with Crippen LogP contribution >= 0.6 is 0 Å². The maximum absolute atomic E-state index is 12.8. The van der Waals surface area contributed by atoms with Gasteiger partial charge in [-0.2, -0.15) is 0 Å². The first kappa shape index (κ1) is 26.5. The summed E-state index contributed by atoms with van der Waals surface area (Å²) in [7, 11) is 3.11. The molecule has 41 heavy (non-hydrogen) atoms. The second kappa shape index (κ2) is 11.8. The topological polar surface area (TPSA) is 116 Å². The quantitative estimate of drug-likeness (QED) is 0.290. The molecule has 6 rings (SSSR count). The van der Waals surface area contributed by atoms with Gasteiger partial charge in [0.05, 0.1) is 45.2 Å². The van der Waals surface area contributed by atoms with Crippen LogP contribution in [0.1, 0.15) is 0 Å². The number of benzene rings is 3. The largest absolute Gasteiger partial charge is 0.497 e. The fourth-order valence-electron chi connectivity index (χ4n) is 5.18. The molecule has 2 fully saturated rings. The van der Waals surface area contributed by atoms with Crippen molar-refractivity contribution in [3.63, 3.8) is 0 Å². The molecule has 10 nitrogen and oxygen atoms in total. The summed E-state index contributed by atoms with van der Waals surface area (Å²) in [5.74, 6) is 1.65. The number of rotatable bonds is 8. The van der Waals surface area contributed by atoms with Crippen LogP contribution < -0.4 is 25.4 Å². The van der Waals surface area contributed by atoms with Gasteiger partial charge in [-0.15, -0.1) is 0 Å². The first-order valence-corrected chi connectivity index (χ1v) is 13.4. The van der Waals surface area contributed by atoms with Crippen LogP contribution in [0.5, 0.6) is 11.5 Å². The van der Waals surface area contributed by atoms with Crippen molar-refractivity contribution in [1.29, 1.82) is 0 Å². The minimum atomic E-state index is -0.371. The van der Waals surface area contributed by atoms with Crippen molar-refractivity contribution in [3.05, 3.63) is 85.1 Å². The molecule has 3 aromatic carbocycles. The predicted octanol–water partition coefficient (Wildman–Crippen LogP) is 4.60. The standard InChI is InChI=1S/C31H31N5O5/c1-38-23-14-22(15-24(16-23)39-2)33-31(37)36-27-18-41-28-26(17-40-29(27)28)35-30-32-13-12-25(34-30)21-10-8-20(9-11-21)19-6-4-3-5-7-19/h3-16,26-29H,17-18H2,1-2H3,(H,32,34,35)(H2,33,36,37). The highest BCUT2D eigenvalue weighted by atomic mass is 16.6. The molecule has 10 heteroatoms. The monoisotopic (exact) mass is 553 g/mol. The molecule has 0 spiro atoms. The Bertz CT molecular complexity index is 1480. The van der Waals surface area contributed by atoms with Crippen molar-refractivity contribution < 1.29 is 23.7 Å². The van der Waals surface area contributed by atoms with Gasteiger partial charge in [0.25, 0.3) is 0 Å². The number of carbonyl (C=O) groups excluding carboxylic acids is 1. The highest BCUT2D eigenvalue weighted by Crippen LogP contribution is 2.30. The minimum absolute atomic E-state index is 0.159. The van der Waals surface area contributed by atoms with Gasteiger partial charge in [0, 0.05) is 35.6 Å². The van der Waals surface area contributed by atoms with Gasteiger partial charge in [0.1, 0.15) is 23.7 Å². The number of urea groups is 1. The summed E-state index contributed by atoms with van der Waals surface area (Å²) in [6.45, 7) is 0.735. The lowest BCUT2D eigenvalue weighted by atomic mass is 10.0. The summed E-state index contributed by atoms with van der Waals surface area (Å²) >= 11 is 0. The summed E-state index contributed by atoms with van der Waals surface area (Å²) in [6.07, 6.45) is 1.18. The van der Waals surface area contributed by atoms with Crippen LogP contribution in [0, 0.1) is 0 Å². The highest BCUT2D eigenvalue weighted by molar-refractivity contribution is 5.90. The average Bonchev–Trinajstić information content (AvgIpc) is 3.60. The van der Waals surface area contributed by atoms with Gasteiger partial charge < -0.3 is 34.9 Å². The van der Waals surface area contributed by atoms with Gasteiger partial charge in [-0.1, -0.05) is 54.6 Å². The summed E-state index contributed by atoms with van der Waals surface area (Å²) in [5, 5.41) is 9.16. The molecule has 4 unspecified atom stereocenters. The molecule has 210 valence electrons. The molecule has 0 saturated carbocycles. The number of methoxy groups -OCH3 is 2. The lowest BCUT2D eigenvalue weighted by Gasteiger charge is -2.19. The first-order valence-electron chi connectivity index (χ1n) is 13.4. The zero-order valence-corrected chi connectivity index (χ0v) is 22.7. The Labute approximate surface area is 238 Å². The Kier molecular flexibility index (Phi) is 7.66. The number of fused-ring (bicyclic) bond motifs is 1. The molecule has 2 aliphatic heterocycles. The number of ether oxygens (including phenoxy) is 4. The van der Waals surface area contributed by atoms with Crippen LogP contribution in [0.15, 0.2) is 85.1 Å². The summed E-state index contributed by atoms with van der Waals surface area (Å²) in [4.78, 5) is 21.9. The number of nitrogens with one attached hydrogen (secondary N) is 3. The van der Waals surface area contributed by atoms with Crippen LogP contribution in [0.3, 0.4) is 0 Å². The lowest BCUT2D eigenvalue weighted by Crippen LogP contribution is -2.46. The SMILES string of the molecule is COc1cc(NC(=O)NC2COC3C(Nc4nccc(-c5ccc(-c6ccccc6)cc5)n4)COC23)cc(OC)c1. The maximum Gasteiger partial charge on any atom is 0.319 e. The van der Waals surface area contributed by atoms with Gasteiger partial charge in [-0.3, -0.25) is 0 Å². The predicted molar refractivity (Wildman–Crippen MR) is 155 cm³/mol. The number of anilines is 2. The third-order valence-electron chi connectivity index (χ3n) is 7.24. The number of amides is 2. The van der Waals surface area contributed by atoms with E-state index >= 15 is 0 Å². The molecule has 3 heterocycles. The molecule has 4 atom stereocenters. The van der Waals surface area contributed by atoms with Crippen molar-refractivity contribution in [2.24, 2.45) is 0 Å². The minimum Gasteiger partial charge on any atom is -0.497 e. The molecular formula is C31H31N5O5. The second-order valence-electron chi connectivity index (χ2n) is 9.86. The molecule has 0 aliphatic carbocycles. The van der Waals surface area contributed by atoms with Crippen LogP contribution in [0.4, 0.5) is 16.4 Å². The molecular weight excluding hydrogens is 522 g/mol. The fourth-order valence-corrected chi connectivity index (χ4v) is 5.18. The molecule has 0 bridgehead atoms. The number of hydrogen-bond donors (Lipinski definition) is 3. The van der Waals surface area contributed by atoms with E-state index in [2.05, 4.69) is 57.3 Å². The molecule has 3 N–H and O–H groups in total. The van der Waals surface area contributed by atoms with E-state index in [0.29, 0.717) is 36.3 Å². The van der Waals surface area contributed by atoms with Gasteiger partial charge in [-0.05, 0) is 17.2 Å². The van der Waals surface area contributed by atoms with Gasteiger partial charge in [0.2, 0.25) is 5.95 Å². The van der Waals surface area contributed by atoms with E-state index < -0.39 is 0 Å². The third-order valence-corrected chi connectivity index (χ3v) is 7.24. The summed E-state index contributed by atoms with van der Waals surface area (Å²) in [6, 6.07) is 24.8. The third kappa shape index (κ3) is 5.93. The van der Waals surface area contributed by atoms with Crippen molar-refractivity contribution in [2.75, 3.05) is 38.1 Å². The zero-order valence-electron chi connectivity index (χ0n) is 22.7. The molecule has 0 radical (unpaired) electrons. The summed E-state index contributed by atoms with van der Waals surface area (Å²) in [5.41, 5.74) is 4.68. The van der Waals surface area contributed by atoms with E-state index in [4.69, 9.17) is 23.9 Å². The van der Waals surface area contributed by atoms with Gasteiger partial charge in [-0.25, -0.2) is 14.8 Å². The van der Waals surface area contributed by atoms with E-state index in [1.54, 1.807) is 38.6 Å². The molecule has 2 aliphatic rings. The van der Waals surface area contributed by atoms with Crippen molar-refractivity contribution >= 4 is 17.7 Å². The Morgan fingerprint density at radius 1 is 0.805 bits per heavy atom. The number of hydrogen-bond acceptors (Lipinski definition) is 8. The number of carbonyl (C=O) groups is 1. The van der Waals surface area contributed by atoms with E-state index in [-0.39, 0.29) is 30.3 Å². The van der Waals surface area contributed by atoms with Crippen molar-refractivity contribution in [3.8, 4) is 33.9 Å². The first-order chi connectivity index (χ1) is 20.1. The summed E-state index contributed by atoms with van der Waals surface area (Å²) < 4.78 is 22.6. The normalized spacial score (nSPS) is 21.1. The van der Waals surface area contributed by atoms with E-state index in [1.165, 1.54) is 5.56 Å². The van der Waals surface area contributed by atoms with Crippen molar-refractivity contribution in [2.45, 2.75) is 24.3 Å². The van der Waals surface area contributed by atoms with Crippen LogP contribution in [0.25, 0.3) is 22.4 Å². The van der Waals surface area contributed by atoms with Crippen molar-refractivity contribution in [1.82, 2.24) is 15.3 Å². The van der Waals surface area contributed by atoms with Crippen LogP contribution in [-0.4, -0.2) is 67.7 Å². The molecule has 2 amide bonds. The zero-order chi connectivity index (χ0) is 28.2. The Balaban J connectivity index is 1.07. The maximum atomic E-state index is 12.8. The van der Waals surface area contributed by atoms with Crippen LogP contribution in [-0.2, 0) is 9.47 Å². The Hall–Kier alpha value is -4.67. The molecule has 4 aromatic rings. The Morgan fingerprint density at radius 2 is 1.44 bits per heavy atom. The van der Waals surface area contributed by atoms with Gasteiger partial charge >= 0.3 is 6.03 Å². The highest BCUT2D eigenvalue weighted by Gasteiger charge is 2.48. The van der Waals surface area contributed by atoms with Gasteiger partial charge in [0.15, 0.2) is 0 Å². The second-order valence-corrected chi connectivity index (χ2v) is 9.86. The van der Waals surface area contributed by atoms with Crippen LogP contribution in [0.2, 0.25) is 0 Å². The fraction of sp³-hybridized carbons (Fsp3) is 0.258. The number of nitrogens with zero attached hydrogens (tertiary/aromatic N) is 2. The average molecular weight is 554 g/mol. The van der Waals surface area contributed by atoms with E-state index in [1.807, 2.05) is 24.3 Å². The Morgan fingerprint density at radius 3 is 2.15 bits per heavy atom. The van der Waals surface area contributed by atoms with E-state index in [0.717, 1.165) is 16.8 Å². The smallest absolute Gasteiger partial charge is 0.319 e. The van der Waals surface area contributed by atoms with E-state index in [9.17, 15) is 4.79 Å². The number of aromatic nitrogens is 2. The molecule has 2 saturated heterocycles. The lowest BCUT2D eigenvalue weighted by molar-refractivity contribution is 0.0683.